The van der Waals surface area contributed by atoms with Crippen LogP contribution in [-0.4, -0.2) is 90.4 Å². The summed E-state index contributed by atoms with van der Waals surface area (Å²) in [6.07, 6.45) is 0. The van der Waals surface area contributed by atoms with Crippen molar-refractivity contribution in [1.29, 1.82) is 0 Å². The van der Waals surface area contributed by atoms with Gasteiger partial charge in [-0.1, -0.05) is 0 Å². The molecule has 0 unspecified atom stereocenters. The summed E-state index contributed by atoms with van der Waals surface area (Å²) >= 11 is 0.535. The van der Waals surface area contributed by atoms with Gasteiger partial charge in [0, 0.05) is 0 Å². The van der Waals surface area contributed by atoms with Gasteiger partial charge in [-0.2, -0.15) is 0 Å². The maximum absolute atomic E-state index is 4.83. The van der Waals surface area contributed by atoms with Gasteiger partial charge in [0.15, 0.2) is 0 Å². The first-order valence-electron chi connectivity index (χ1n) is 0.378. The fraction of sp³-hybridized carbons (Fsp3) is 0. The van der Waals surface area contributed by atoms with Crippen LogP contribution in [0.25, 0.3) is 0 Å². The molecule has 0 rings (SSSR count). The van der Waals surface area contributed by atoms with Crippen LogP contribution in [0, 0.1) is 0 Å². The van der Waals surface area contributed by atoms with Gasteiger partial charge in [0.05, 0.1) is 0 Å². The molecule has 4 heteroatoms. The van der Waals surface area contributed by atoms with E-state index in [0.29, 0.717) is 47.1 Å². The van der Waals surface area contributed by atoms with Crippen molar-refractivity contribution in [2.24, 2.45) is 0 Å². The van der Waals surface area contributed by atoms with Crippen LogP contribution in [-0.2, 0) is 0 Å². The van der Waals surface area contributed by atoms with Crippen molar-refractivity contribution in [3.8, 4) is 0 Å². The van der Waals surface area contributed by atoms with Crippen LogP contribution in [0.4, 0.5) is 0 Å². The summed E-state index contributed by atoms with van der Waals surface area (Å²) in [4.78, 5) is 0. The number of halogens is 1. The van der Waals surface area contributed by atoms with Crippen LogP contribution in [0.3, 0.4) is 0 Å². The van der Waals surface area contributed by atoms with Crippen LogP contribution in [0.2, 0.25) is 0 Å². The second-order valence-electron chi connectivity index (χ2n) is 0. The summed E-state index contributed by atoms with van der Waals surface area (Å²) in [5, 5.41) is 0. The van der Waals surface area contributed by atoms with Crippen LogP contribution in [0.15, 0.2) is 0 Å². The molecule has 0 spiro atoms. The Morgan fingerprint density at radius 3 is 1.25 bits per heavy atom. The monoisotopic (exact) mass is 134 g/mol. The molecule has 0 aliphatic carbocycles. The van der Waals surface area contributed by atoms with Crippen molar-refractivity contribution in [3.63, 3.8) is 0 Å². The van der Waals surface area contributed by atoms with Crippen molar-refractivity contribution in [2.45, 2.75) is 0 Å². The van der Waals surface area contributed by atoms with Crippen LogP contribution < -0.4 is 0 Å². The molecular formula is H4CaClKO. The number of hydrogen-bond acceptors (Lipinski definition) is 0. The van der Waals surface area contributed by atoms with E-state index in [-0.39, 0.29) is 43.2 Å². The Hall–Kier alpha value is 3.15. The van der Waals surface area contributed by atoms with Gasteiger partial charge in [-0.25, -0.2) is 0 Å². The number of rotatable bonds is 0. The van der Waals surface area contributed by atoms with Crippen LogP contribution in [0.1, 0.15) is 0 Å². The van der Waals surface area contributed by atoms with Crippen molar-refractivity contribution < 1.29 is 5.48 Å². The quantitative estimate of drug-likeness (QED) is 0.364. The van der Waals surface area contributed by atoms with Gasteiger partial charge >= 0.3 is 88.6 Å². The van der Waals surface area contributed by atoms with Gasteiger partial charge in [0.2, 0.25) is 0 Å². The molecule has 0 bridgehead atoms. The Morgan fingerprint density at radius 2 is 1.25 bits per heavy atom. The predicted octanol–water partition coefficient (Wildman–Crippen LogP) is -1.43. The molecular weight excluding hydrogens is 131 g/mol. The van der Waals surface area contributed by atoms with Crippen molar-refractivity contribution in [1.82, 2.24) is 0 Å². The van der Waals surface area contributed by atoms with E-state index < -0.39 is 0 Å². The molecule has 4 heavy (non-hydrogen) atoms. The summed E-state index contributed by atoms with van der Waals surface area (Å²) in [6, 6.07) is 0. The molecule has 20 valence electrons. The number of hydrogen-bond donors (Lipinski definition) is 0. The van der Waals surface area contributed by atoms with E-state index in [1.807, 2.05) is 0 Å². The molecule has 0 aromatic heterocycles. The average molecular weight is 135 g/mol. The predicted molar refractivity (Wildman–Crippen MR) is 23.8 cm³/mol. The zero-order valence-corrected chi connectivity index (χ0v) is 5.76. The summed E-state index contributed by atoms with van der Waals surface area (Å²) in [5.74, 6) is 0. The minimum absolute atomic E-state index is 0. The normalized spacial score (nSPS) is 1.75. The summed E-state index contributed by atoms with van der Waals surface area (Å²) in [6.45, 7) is 0. The SMILES string of the molecule is O.[CaH2].[Cl][K]. The molecule has 0 fully saturated rings. The zero-order valence-electron chi connectivity index (χ0n) is 1.88. The van der Waals surface area contributed by atoms with Gasteiger partial charge in [-0.15, -0.1) is 0 Å². The zero-order chi connectivity index (χ0) is 2.00. The molecule has 0 aromatic carbocycles. The third-order valence-electron chi connectivity index (χ3n) is 0. The Morgan fingerprint density at radius 1 is 1.25 bits per heavy atom. The molecule has 0 aliphatic heterocycles. The minimum atomic E-state index is 0. The summed E-state index contributed by atoms with van der Waals surface area (Å²) in [7, 11) is 0. The Kier molecular flexibility index (Phi) is 64.6. The fourth-order valence-corrected chi connectivity index (χ4v) is 0. The van der Waals surface area contributed by atoms with E-state index in [4.69, 9.17) is 3.76 Å². The fourth-order valence-electron chi connectivity index (χ4n) is 0. The molecule has 0 amide bonds. The first kappa shape index (κ1) is 15.7. The molecule has 0 heterocycles. The van der Waals surface area contributed by atoms with Gasteiger partial charge in [-0.3, -0.25) is 0 Å². The maximum atomic E-state index is 4.83. The van der Waals surface area contributed by atoms with Gasteiger partial charge < -0.3 is 5.48 Å². The molecule has 0 aromatic rings. The van der Waals surface area contributed by atoms with E-state index in [1.54, 1.807) is 0 Å². The van der Waals surface area contributed by atoms with Gasteiger partial charge in [0.1, 0.15) is 0 Å². The third-order valence-corrected chi connectivity index (χ3v) is 0. The van der Waals surface area contributed by atoms with Crippen LogP contribution >= 0.6 is 3.76 Å². The molecule has 0 saturated heterocycles. The molecule has 1 nitrogen and oxygen atoms in total. The van der Waals surface area contributed by atoms with Gasteiger partial charge in [0.25, 0.3) is 0 Å². The van der Waals surface area contributed by atoms with Crippen LogP contribution in [0.5, 0.6) is 0 Å². The van der Waals surface area contributed by atoms with Gasteiger partial charge in [-0.05, 0) is 0 Å². The third kappa shape index (κ3) is 8.94. The average Bonchev–Trinajstić information content (AvgIpc) is 1.00. The van der Waals surface area contributed by atoms with Crippen molar-refractivity contribution in [2.75, 3.05) is 0 Å². The molecule has 0 atom stereocenters. The van der Waals surface area contributed by atoms with E-state index in [0.717, 1.165) is 0 Å². The summed E-state index contributed by atoms with van der Waals surface area (Å²) in [5.41, 5.74) is 0. The molecule has 0 saturated carbocycles. The second-order valence-corrected chi connectivity index (χ2v) is 0. The summed E-state index contributed by atoms with van der Waals surface area (Å²) < 4.78 is 4.83. The van der Waals surface area contributed by atoms with E-state index in [1.165, 1.54) is 0 Å². The van der Waals surface area contributed by atoms with E-state index in [2.05, 4.69) is 0 Å². The molecule has 0 aliphatic rings. The first-order chi connectivity index (χ1) is 1.00. The van der Waals surface area contributed by atoms with Crippen molar-refractivity contribution in [3.05, 3.63) is 0 Å². The topological polar surface area (TPSA) is 31.5 Å². The second kappa shape index (κ2) is 16.4. The van der Waals surface area contributed by atoms with E-state index >= 15 is 0 Å². The first-order valence-corrected chi connectivity index (χ1v) is 4.68. The Balaban J connectivity index is -0.00000000500. The molecule has 2 N–H and O–H groups in total. The van der Waals surface area contributed by atoms with Crippen molar-refractivity contribution >= 4 is 88.6 Å². The standard InChI is InChI=1S/Ca.ClH.K.H2O.2H/h;1H;;1H2;;/q;;+1;;;/p-1. The Bertz CT molecular complexity index is 8.00. The Labute approximate surface area is 91.2 Å². The molecule has 0 radical (unpaired) electrons. The van der Waals surface area contributed by atoms with E-state index in [9.17, 15) is 0 Å².